The van der Waals surface area contributed by atoms with Crippen molar-refractivity contribution in [2.24, 2.45) is 0 Å². The molecular formula is C13H13BrN2O3. The Labute approximate surface area is 118 Å². The van der Waals surface area contributed by atoms with Crippen molar-refractivity contribution in [1.29, 1.82) is 0 Å². The maximum atomic E-state index is 12.1. The third-order valence-electron chi connectivity index (χ3n) is 2.98. The number of rotatable bonds is 2. The molecule has 1 aliphatic rings. The second-order valence-electron chi connectivity index (χ2n) is 4.44. The van der Waals surface area contributed by atoms with E-state index in [1.807, 2.05) is 13.0 Å². The number of piperidine rings is 1. The Bertz CT molecular complexity index is 557. The molecule has 0 aromatic heterocycles. The van der Waals surface area contributed by atoms with Gasteiger partial charge in [0.05, 0.1) is 0 Å². The van der Waals surface area contributed by atoms with E-state index in [1.165, 1.54) is 0 Å². The highest BCUT2D eigenvalue weighted by Crippen LogP contribution is 2.16. The number of carbonyl (C=O) groups excluding carboxylic acids is 3. The lowest BCUT2D eigenvalue weighted by Crippen LogP contribution is -2.52. The fourth-order valence-corrected chi connectivity index (χ4v) is 2.42. The van der Waals surface area contributed by atoms with Gasteiger partial charge in [0, 0.05) is 16.5 Å². The molecule has 19 heavy (non-hydrogen) atoms. The first-order chi connectivity index (χ1) is 8.97. The number of imide groups is 1. The largest absolute Gasteiger partial charge is 0.340 e. The Hall–Kier alpha value is -1.69. The maximum absolute atomic E-state index is 12.1. The molecule has 0 spiro atoms. The van der Waals surface area contributed by atoms with E-state index in [0.717, 1.165) is 10.0 Å². The highest BCUT2D eigenvalue weighted by Gasteiger charge is 2.28. The topological polar surface area (TPSA) is 75.3 Å². The van der Waals surface area contributed by atoms with Crippen molar-refractivity contribution >= 4 is 33.7 Å². The summed E-state index contributed by atoms with van der Waals surface area (Å²) in [5.74, 6) is -1.05. The maximum Gasteiger partial charge on any atom is 0.252 e. The molecule has 1 fully saturated rings. The van der Waals surface area contributed by atoms with Crippen molar-refractivity contribution in [2.75, 3.05) is 0 Å². The summed E-state index contributed by atoms with van der Waals surface area (Å²) in [6.07, 6.45) is 0.585. The van der Waals surface area contributed by atoms with Gasteiger partial charge in [-0.1, -0.05) is 15.9 Å². The van der Waals surface area contributed by atoms with Gasteiger partial charge in [-0.05, 0) is 37.1 Å². The Morgan fingerprint density at radius 1 is 1.42 bits per heavy atom. The fraction of sp³-hybridized carbons (Fsp3) is 0.308. The molecule has 6 heteroatoms. The van der Waals surface area contributed by atoms with Gasteiger partial charge in [-0.2, -0.15) is 0 Å². The van der Waals surface area contributed by atoms with Crippen LogP contribution >= 0.6 is 15.9 Å². The average molecular weight is 325 g/mol. The monoisotopic (exact) mass is 324 g/mol. The van der Waals surface area contributed by atoms with Crippen LogP contribution in [-0.4, -0.2) is 23.8 Å². The zero-order valence-corrected chi connectivity index (χ0v) is 11.9. The van der Waals surface area contributed by atoms with E-state index in [1.54, 1.807) is 12.1 Å². The second-order valence-corrected chi connectivity index (χ2v) is 5.35. The van der Waals surface area contributed by atoms with Gasteiger partial charge < -0.3 is 5.32 Å². The van der Waals surface area contributed by atoms with E-state index < -0.39 is 11.9 Å². The zero-order chi connectivity index (χ0) is 14.0. The van der Waals surface area contributed by atoms with Gasteiger partial charge in [0.15, 0.2) is 0 Å². The van der Waals surface area contributed by atoms with Crippen molar-refractivity contribution < 1.29 is 14.4 Å². The number of benzene rings is 1. The number of amides is 3. The van der Waals surface area contributed by atoms with Crippen LogP contribution in [0.2, 0.25) is 0 Å². The molecule has 1 aromatic carbocycles. The third kappa shape index (κ3) is 3.20. The van der Waals surface area contributed by atoms with Crippen LogP contribution in [0.5, 0.6) is 0 Å². The van der Waals surface area contributed by atoms with Crippen LogP contribution in [0, 0.1) is 6.92 Å². The molecule has 2 rings (SSSR count). The number of hydrogen-bond acceptors (Lipinski definition) is 3. The van der Waals surface area contributed by atoms with Crippen LogP contribution in [-0.2, 0) is 9.59 Å². The number of aryl methyl sites for hydroxylation is 1. The zero-order valence-electron chi connectivity index (χ0n) is 10.3. The van der Waals surface area contributed by atoms with Crippen LogP contribution in [0.3, 0.4) is 0 Å². The lowest BCUT2D eigenvalue weighted by molar-refractivity contribution is -0.134. The molecule has 1 aromatic rings. The van der Waals surface area contributed by atoms with Crippen LogP contribution in [0.15, 0.2) is 22.7 Å². The summed E-state index contributed by atoms with van der Waals surface area (Å²) < 4.78 is 0.891. The summed E-state index contributed by atoms with van der Waals surface area (Å²) >= 11 is 3.33. The summed E-state index contributed by atoms with van der Waals surface area (Å²) in [5, 5.41) is 4.86. The molecule has 1 unspecified atom stereocenters. The van der Waals surface area contributed by atoms with Gasteiger partial charge in [0.1, 0.15) is 6.04 Å². The second kappa shape index (κ2) is 5.52. The summed E-state index contributed by atoms with van der Waals surface area (Å²) in [6, 6.07) is 4.65. The highest BCUT2D eigenvalue weighted by atomic mass is 79.9. The van der Waals surface area contributed by atoms with Crippen molar-refractivity contribution in [3.8, 4) is 0 Å². The van der Waals surface area contributed by atoms with Gasteiger partial charge in [-0.15, -0.1) is 0 Å². The Morgan fingerprint density at radius 3 is 2.79 bits per heavy atom. The molecule has 1 saturated heterocycles. The minimum Gasteiger partial charge on any atom is -0.340 e. The molecule has 3 amide bonds. The molecule has 100 valence electrons. The van der Waals surface area contributed by atoms with Gasteiger partial charge in [0.25, 0.3) is 5.91 Å². The Balaban J connectivity index is 2.09. The third-order valence-corrected chi connectivity index (χ3v) is 3.47. The molecule has 0 saturated carbocycles. The quantitative estimate of drug-likeness (QED) is 0.805. The fourth-order valence-electron chi connectivity index (χ4n) is 1.95. The van der Waals surface area contributed by atoms with Crippen molar-refractivity contribution in [3.63, 3.8) is 0 Å². The summed E-state index contributed by atoms with van der Waals surface area (Å²) in [7, 11) is 0. The molecule has 1 heterocycles. The van der Waals surface area contributed by atoms with Gasteiger partial charge in [-0.25, -0.2) is 0 Å². The lowest BCUT2D eigenvalue weighted by Gasteiger charge is -2.22. The molecule has 1 aliphatic heterocycles. The molecule has 1 atom stereocenters. The minimum atomic E-state index is -0.645. The SMILES string of the molecule is Cc1cc(Br)ccc1C(=O)NC1CCC(=O)NC1=O. The summed E-state index contributed by atoms with van der Waals surface area (Å²) in [5.41, 5.74) is 1.34. The average Bonchev–Trinajstić information content (AvgIpc) is 2.32. The number of nitrogens with one attached hydrogen (secondary N) is 2. The summed E-state index contributed by atoms with van der Waals surface area (Å²) in [4.78, 5) is 34.7. The Morgan fingerprint density at radius 2 is 2.16 bits per heavy atom. The molecular weight excluding hydrogens is 312 g/mol. The first-order valence-corrected chi connectivity index (χ1v) is 6.67. The van der Waals surface area contributed by atoms with E-state index in [-0.39, 0.29) is 18.2 Å². The van der Waals surface area contributed by atoms with E-state index in [4.69, 9.17) is 0 Å². The van der Waals surface area contributed by atoms with Crippen LogP contribution < -0.4 is 10.6 Å². The number of halogens is 1. The molecule has 0 aliphatic carbocycles. The van der Waals surface area contributed by atoms with Gasteiger partial charge >= 0.3 is 0 Å². The molecule has 2 N–H and O–H groups in total. The van der Waals surface area contributed by atoms with Crippen LogP contribution in [0.1, 0.15) is 28.8 Å². The van der Waals surface area contributed by atoms with Crippen LogP contribution in [0.25, 0.3) is 0 Å². The van der Waals surface area contributed by atoms with E-state index in [2.05, 4.69) is 26.6 Å². The van der Waals surface area contributed by atoms with E-state index in [0.29, 0.717) is 12.0 Å². The van der Waals surface area contributed by atoms with Gasteiger partial charge in [-0.3, -0.25) is 19.7 Å². The first kappa shape index (κ1) is 13.7. The van der Waals surface area contributed by atoms with E-state index in [9.17, 15) is 14.4 Å². The molecule has 0 radical (unpaired) electrons. The summed E-state index contributed by atoms with van der Waals surface area (Å²) in [6.45, 7) is 1.82. The predicted molar refractivity (Wildman–Crippen MR) is 72.5 cm³/mol. The van der Waals surface area contributed by atoms with Crippen molar-refractivity contribution in [1.82, 2.24) is 10.6 Å². The number of carbonyl (C=O) groups is 3. The smallest absolute Gasteiger partial charge is 0.252 e. The standard InChI is InChI=1S/C13H13BrN2O3/c1-7-6-8(14)2-3-9(7)12(18)15-10-4-5-11(17)16-13(10)19/h2-3,6,10H,4-5H2,1H3,(H,15,18)(H,16,17,19). The Kier molecular flexibility index (Phi) is 3.99. The van der Waals surface area contributed by atoms with E-state index >= 15 is 0 Å². The predicted octanol–water partition coefficient (Wildman–Crippen LogP) is 1.29. The van der Waals surface area contributed by atoms with Crippen LogP contribution in [0.4, 0.5) is 0 Å². The first-order valence-electron chi connectivity index (χ1n) is 5.88. The van der Waals surface area contributed by atoms with Gasteiger partial charge in [0.2, 0.25) is 11.8 Å². The molecule has 5 nitrogen and oxygen atoms in total. The normalized spacial score (nSPS) is 18.9. The lowest BCUT2D eigenvalue weighted by atomic mass is 10.0. The highest BCUT2D eigenvalue weighted by molar-refractivity contribution is 9.10. The van der Waals surface area contributed by atoms with Crippen molar-refractivity contribution in [2.45, 2.75) is 25.8 Å². The van der Waals surface area contributed by atoms with Crippen molar-refractivity contribution in [3.05, 3.63) is 33.8 Å². The minimum absolute atomic E-state index is 0.246. The molecule has 0 bridgehead atoms. The number of hydrogen-bond donors (Lipinski definition) is 2.